The van der Waals surface area contributed by atoms with Gasteiger partial charge >= 0.3 is 0 Å². The number of aromatic nitrogens is 3. The normalized spacial score (nSPS) is 16.9. The molecule has 0 unspecified atom stereocenters. The van der Waals surface area contributed by atoms with Gasteiger partial charge in [-0.15, -0.1) is 16.4 Å². The highest BCUT2D eigenvalue weighted by atomic mass is 32.1. The van der Waals surface area contributed by atoms with Gasteiger partial charge in [0.2, 0.25) is 0 Å². The van der Waals surface area contributed by atoms with E-state index in [1.54, 1.807) is 22.2 Å². The third kappa shape index (κ3) is 4.86. The zero-order valence-electron chi connectivity index (χ0n) is 13.9. The van der Waals surface area contributed by atoms with E-state index in [2.05, 4.69) is 20.5 Å². The number of hydrogen-bond acceptors (Lipinski definition) is 6. The number of morpholine rings is 1. The summed E-state index contributed by atoms with van der Waals surface area (Å²) < 4.78 is 7.03. The van der Waals surface area contributed by atoms with E-state index in [9.17, 15) is 4.79 Å². The molecule has 8 heteroatoms. The average molecular weight is 349 g/mol. The van der Waals surface area contributed by atoms with Gasteiger partial charge in [0.25, 0.3) is 5.91 Å². The Morgan fingerprint density at radius 1 is 1.46 bits per heavy atom. The van der Waals surface area contributed by atoms with E-state index >= 15 is 0 Å². The zero-order valence-corrected chi connectivity index (χ0v) is 14.7. The number of nitrogens with zero attached hydrogens (tertiary/aromatic N) is 4. The summed E-state index contributed by atoms with van der Waals surface area (Å²) in [5, 5.41) is 13.0. The van der Waals surface area contributed by atoms with Crippen molar-refractivity contribution in [3.63, 3.8) is 0 Å². The molecular formula is C16H23N5O2S. The van der Waals surface area contributed by atoms with Crippen molar-refractivity contribution < 1.29 is 9.53 Å². The van der Waals surface area contributed by atoms with E-state index in [1.165, 1.54) is 4.88 Å². The van der Waals surface area contributed by atoms with Crippen molar-refractivity contribution in [3.8, 4) is 0 Å². The lowest BCUT2D eigenvalue weighted by atomic mass is 10.2. The van der Waals surface area contributed by atoms with Crippen LogP contribution in [0.5, 0.6) is 0 Å². The summed E-state index contributed by atoms with van der Waals surface area (Å²) in [4.78, 5) is 15.8. The van der Waals surface area contributed by atoms with Gasteiger partial charge in [-0.05, 0) is 24.8 Å². The van der Waals surface area contributed by atoms with Crippen molar-refractivity contribution in [2.24, 2.45) is 0 Å². The van der Waals surface area contributed by atoms with Crippen molar-refractivity contribution in [2.75, 3.05) is 32.8 Å². The second kappa shape index (κ2) is 8.36. The standard InChI is InChI=1S/C16H23N5O2S/c1-13(4-5-20-6-8-23-9-7-20)17-16(22)15-12-21(19-18-15)11-14-3-2-10-24-14/h2-3,10,12-13H,4-9,11H2,1H3,(H,17,22)/t13-/m1/s1. The third-order valence-corrected chi connectivity index (χ3v) is 4.89. The van der Waals surface area contributed by atoms with E-state index in [4.69, 9.17) is 4.74 Å². The maximum atomic E-state index is 12.3. The summed E-state index contributed by atoms with van der Waals surface area (Å²) in [6.07, 6.45) is 2.61. The maximum Gasteiger partial charge on any atom is 0.273 e. The Morgan fingerprint density at radius 2 is 2.29 bits per heavy atom. The van der Waals surface area contributed by atoms with Crippen molar-refractivity contribution >= 4 is 17.2 Å². The van der Waals surface area contributed by atoms with Crippen LogP contribution in [0.2, 0.25) is 0 Å². The minimum Gasteiger partial charge on any atom is -0.379 e. The first-order valence-electron chi connectivity index (χ1n) is 8.24. The Bertz CT molecular complexity index is 637. The van der Waals surface area contributed by atoms with Crippen LogP contribution >= 0.6 is 11.3 Å². The molecule has 7 nitrogen and oxygen atoms in total. The van der Waals surface area contributed by atoms with Crippen LogP contribution in [0.15, 0.2) is 23.7 Å². The molecule has 3 heterocycles. The van der Waals surface area contributed by atoms with Gasteiger partial charge in [0, 0.05) is 30.6 Å². The smallest absolute Gasteiger partial charge is 0.273 e. The van der Waals surface area contributed by atoms with Crippen LogP contribution in [0, 0.1) is 0 Å². The second-order valence-corrected chi connectivity index (χ2v) is 7.03. The summed E-state index contributed by atoms with van der Waals surface area (Å²) in [5.74, 6) is -0.165. The first kappa shape index (κ1) is 17.1. The summed E-state index contributed by atoms with van der Waals surface area (Å²) in [7, 11) is 0. The van der Waals surface area contributed by atoms with Gasteiger partial charge in [0.1, 0.15) is 0 Å². The van der Waals surface area contributed by atoms with Gasteiger partial charge in [-0.25, -0.2) is 4.68 Å². The number of carbonyl (C=O) groups is 1. The van der Waals surface area contributed by atoms with E-state index in [0.29, 0.717) is 12.2 Å². The van der Waals surface area contributed by atoms with Crippen molar-refractivity contribution in [1.82, 2.24) is 25.2 Å². The van der Waals surface area contributed by atoms with Crippen molar-refractivity contribution in [1.29, 1.82) is 0 Å². The Kier molecular flexibility index (Phi) is 5.95. The van der Waals surface area contributed by atoms with E-state index < -0.39 is 0 Å². The quantitative estimate of drug-likeness (QED) is 0.814. The second-order valence-electron chi connectivity index (χ2n) is 6.00. The molecule has 1 atom stereocenters. The highest BCUT2D eigenvalue weighted by Gasteiger charge is 2.16. The molecular weight excluding hydrogens is 326 g/mol. The van der Waals surface area contributed by atoms with Gasteiger partial charge in [0.05, 0.1) is 26.0 Å². The number of amides is 1. The molecule has 0 aromatic carbocycles. The van der Waals surface area contributed by atoms with E-state index in [0.717, 1.165) is 39.3 Å². The minimum atomic E-state index is -0.165. The molecule has 130 valence electrons. The highest BCUT2D eigenvalue weighted by molar-refractivity contribution is 7.09. The topological polar surface area (TPSA) is 72.3 Å². The lowest BCUT2D eigenvalue weighted by molar-refractivity contribution is 0.0363. The first-order valence-corrected chi connectivity index (χ1v) is 9.12. The van der Waals surface area contributed by atoms with Crippen LogP contribution in [0.3, 0.4) is 0 Å². The molecule has 0 saturated carbocycles. The molecule has 1 aliphatic rings. The van der Waals surface area contributed by atoms with Crippen LogP contribution in [0.25, 0.3) is 0 Å². The van der Waals surface area contributed by atoms with Gasteiger partial charge in [-0.1, -0.05) is 11.3 Å². The molecule has 24 heavy (non-hydrogen) atoms. The fourth-order valence-electron chi connectivity index (χ4n) is 2.61. The molecule has 0 bridgehead atoms. The SMILES string of the molecule is C[C@H](CCN1CCOCC1)NC(=O)c1cn(Cc2cccs2)nn1. The minimum absolute atomic E-state index is 0.0998. The van der Waals surface area contributed by atoms with Gasteiger partial charge < -0.3 is 10.1 Å². The van der Waals surface area contributed by atoms with Crippen LogP contribution in [0.4, 0.5) is 0 Å². The number of nitrogens with one attached hydrogen (secondary N) is 1. The number of hydrogen-bond donors (Lipinski definition) is 1. The van der Waals surface area contributed by atoms with Crippen LogP contribution in [-0.4, -0.2) is 64.7 Å². The molecule has 2 aromatic rings. The molecule has 0 aliphatic carbocycles. The van der Waals surface area contributed by atoms with E-state index in [1.807, 2.05) is 24.4 Å². The summed E-state index contributed by atoms with van der Waals surface area (Å²) >= 11 is 1.66. The predicted octanol–water partition coefficient (Wildman–Crippen LogP) is 1.23. The Hall–Kier alpha value is -1.77. The maximum absolute atomic E-state index is 12.3. The molecule has 3 rings (SSSR count). The number of thiophene rings is 1. The lowest BCUT2D eigenvalue weighted by Gasteiger charge is -2.27. The fourth-order valence-corrected chi connectivity index (χ4v) is 3.31. The van der Waals surface area contributed by atoms with Gasteiger partial charge in [0.15, 0.2) is 5.69 Å². The zero-order chi connectivity index (χ0) is 16.8. The van der Waals surface area contributed by atoms with E-state index in [-0.39, 0.29) is 11.9 Å². The monoisotopic (exact) mass is 349 g/mol. The molecule has 1 saturated heterocycles. The van der Waals surface area contributed by atoms with Crippen LogP contribution in [-0.2, 0) is 11.3 Å². The fraction of sp³-hybridized carbons (Fsp3) is 0.562. The molecule has 1 aliphatic heterocycles. The summed E-state index contributed by atoms with van der Waals surface area (Å²) in [6, 6.07) is 4.14. The highest BCUT2D eigenvalue weighted by Crippen LogP contribution is 2.10. The number of carbonyl (C=O) groups excluding carboxylic acids is 1. The summed E-state index contributed by atoms with van der Waals surface area (Å²) in [5.41, 5.74) is 0.366. The first-order chi connectivity index (χ1) is 11.7. The van der Waals surface area contributed by atoms with Crippen LogP contribution < -0.4 is 5.32 Å². The number of rotatable bonds is 7. The predicted molar refractivity (Wildman–Crippen MR) is 92.2 cm³/mol. The lowest BCUT2D eigenvalue weighted by Crippen LogP contribution is -2.40. The molecule has 2 aromatic heterocycles. The van der Waals surface area contributed by atoms with Crippen molar-refractivity contribution in [2.45, 2.75) is 25.9 Å². The van der Waals surface area contributed by atoms with Crippen molar-refractivity contribution in [3.05, 3.63) is 34.3 Å². The summed E-state index contributed by atoms with van der Waals surface area (Å²) in [6.45, 7) is 7.17. The average Bonchev–Trinajstić information content (AvgIpc) is 3.26. The molecule has 1 fully saturated rings. The molecule has 1 N–H and O–H groups in total. The Labute approximate surface area is 145 Å². The molecule has 0 spiro atoms. The number of ether oxygens (including phenoxy) is 1. The van der Waals surface area contributed by atoms with Crippen LogP contribution in [0.1, 0.15) is 28.7 Å². The third-order valence-electron chi connectivity index (χ3n) is 4.03. The molecule has 1 amide bonds. The van der Waals surface area contributed by atoms with Gasteiger partial charge in [-0.3, -0.25) is 9.69 Å². The Balaban J connectivity index is 1.44. The largest absolute Gasteiger partial charge is 0.379 e. The Morgan fingerprint density at radius 3 is 3.04 bits per heavy atom. The molecule has 0 radical (unpaired) electrons. The van der Waals surface area contributed by atoms with Gasteiger partial charge in [-0.2, -0.15) is 0 Å².